The summed E-state index contributed by atoms with van der Waals surface area (Å²) in [6, 6.07) is 18.7. The van der Waals surface area contributed by atoms with E-state index in [-0.39, 0.29) is 34.2 Å². The van der Waals surface area contributed by atoms with Crippen molar-refractivity contribution in [2.75, 3.05) is 41.6 Å². The van der Waals surface area contributed by atoms with Gasteiger partial charge in [0.2, 0.25) is 10.0 Å². The average Bonchev–Trinajstić information content (AvgIpc) is 3.67. The van der Waals surface area contributed by atoms with E-state index in [0.717, 1.165) is 40.2 Å². The van der Waals surface area contributed by atoms with Crippen molar-refractivity contribution in [1.82, 2.24) is 9.55 Å². The molecule has 0 saturated heterocycles. The summed E-state index contributed by atoms with van der Waals surface area (Å²) in [4.78, 5) is 18.5. The molecule has 1 aliphatic rings. The van der Waals surface area contributed by atoms with Crippen molar-refractivity contribution in [2.24, 2.45) is 17.4 Å². The minimum atomic E-state index is -3.61. The molecule has 1 aliphatic heterocycles. The number of aromatic nitrogens is 2. The molecule has 13 heteroatoms. The number of carbonyl (C=O) groups excluding carboxylic acids is 1. The quantitative estimate of drug-likeness (QED) is 0.161. The normalized spacial score (nSPS) is 15.0. The van der Waals surface area contributed by atoms with Gasteiger partial charge in [0.1, 0.15) is 11.9 Å². The van der Waals surface area contributed by atoms with E-state index in [1.54, 1.807) is 29.3 Å². The molecule has 1 amide bonds. The number of anilines is 3. The van der Waals surface area contributed by atoms with Crippen LogP contribution in [-0.2, 0) is 39.2 Å². The smallest absolute Gasteiger partial charge is 0.255 e. The third kappa shape index (κ3) is 8.33. The molecule has 266 valence electrons. The molecular formula is C37H47N7O5S. The second kappa shape index (κ2) is 14.2. The lowest BCUT2D eigenvalue weighted by Crippen LogP contribution is -2.28. The van der Waals surface area contributed by atoms with Crippen molar-refractivity contribution in [3.8, 4) is 5.75 Å². The predicted molar refractivity (Wildman–Crippen MR) is 197 cm³/mol. The van der Waals surface area contributed by atoms with Crippen LogP contribution in [0.2, 0.25) is 0 Å². The van der Waals surface area contributed by atoms with Crippen LogP contribution in [0.15, 0.2) is 77.2 Å². The summed E-state index contributed by atoms with van der Waals surface area (Å²) in [5, 5.41) is 13.8. The van der Waals surface area contributed by atoms with Gasteiger partial charge in [-0.2, -0.15) is 5.11 Å². The van der Waals surface area contributed by atoms with Crippen LogP contribution in [0.3, 0.4) is 0 Å². The molecule has 5 rings (SSSR count). The fourth-order valence-corrected chi connectivity index (χ4v) is 6.51. The Morgan fingerprint density at radius 2 is 1.72 bits per heavy atom. The number of hydrogen-bond acceptors (Lipinski definition) is 9. The Bertz CT molecular complexity index is 2000. The van der Waals surface area contributed by atoms with Gasteiger partial charge in [0.05, 0.1) is 62.1 Å². The molecule has 0 spiro atoms. The highest BCUT2D eigenvalue weighted by Crippen LogP contribution is 2.40. The van der Waals surface area contributed by atoms with Gasteiger partial charge in [0.15, 0.2) is 5.75 Å². The Labute approximate surface area is 295 Å². The number of methoxy groups -OCH3 is 1. The van der Waals surface area contributed by atoms with E-state index in [4.69, 9.17) is 14.5 Å². The highest BCUT2D eigenvalue weighted by molar-refractivity contribution is 7.92. The molecule has 1 atom stereocenters. The second-order valence-corrected chi connectivity index (χ2v) is 16.2. The number of sulfonamides is 1. The van der Waals surface area contributed by atoms with Gasteiger partial charge < -0.3 is 19.4 Å². The number of aryl methyl sites for hydroxylation is 1. The van der Waals surface area contributed by atoms with E-state index < -0.39 is 10.0 Å². The van der Waals surface area contributed by atoms with Crippen LogP contribution in [0.1, 0.15) is 79.2 Å². The standard InChI is InChI=1S/C37H47N7O5S/c1-24-15-16-26(34(45)39-28-18-27(36(2,3)4)19-29(33(28)48-8)41-50(9,46)47)17-31(24)44-21-30(40-42-44)32-20-38-35(43(32)7)37(5,6)23-49-22-25-13-11-10-12-14-25/h10-20,30,41H,21-23H2,1-9H3,(H,39,45). The summed E-state index contributed by atoms with van der Waals surface area (Å²) < 4.78 is 40.6. The number of benzene rings is 3. The first kappa shape index (κ1) is 36.5. The summed E-state index contributed by atoms with van der Waals surface area (Å²) in [6.45, 7) is 13.7. The number of rotatable bonds is 12. The zero-order chi connectivity index (χ0) is 36.4. The van der Waals surface area contributed by atoms with E-state index in [9.17, 15) is 13.2 Å². The molecule has 12 nitrogen and oxygen atoms in total. The van der Waals surface area contributed by atoms with Crippen LogP contribution in [0.25, 0.3) is 0 Å². The summed E-state index contributed by atoms with van der Waals surface area (Å²) in [5.41, 5.74) is 4.84. The Hall–Kier alpha value is -4.75. The number of nitrogens with zero attached hydrogens (tertiary/aromatic N) is 5. The van der Waals surface area contributed by atoms with Gasteiger partial charge in [-0.05, 0) is 53.3 Å². The van der Waals surface area contributed by atoms with Crippen molar-refractivity contribution < 1.29 is 22.7 Å². The zero-order valence-corrected chi connectivity index (χ0v) is 31.1. The van der Waals surface area contributed by atoms with Gasteiger partial charge in [0, 0.05) is 18.0 Å². The van der Waals surface area contributed by atoms with Crippen LogP contribution < -0.4 is 19.8 Å². The molecule has 1 aromatic heterocycles. The molecule has 3 aromatic carbocycles. The molecule has 50 heavy (non-hydrogen) atoms. The van der Waals surface area contributed by atoms with E-state index in [1.807, 2.05) is 77.3 Å². The maximum absolute atomic E-state index is 13.7. The highest BCUT2D eigenvalue weighted by atomic mass is 32.2. The summed E-state index contributed by atoms with van der Waals surface area (Å²) >= 11 is 0. The lowest BCUT2D eigenvalue weighted by Gasteiger charge is -2.25. The van der Waals surface area contributed by atoms with Gasteiger partial charge in [-0.1, -0.05) is 76.2 Å². The van der Waals surface area contributed by atoms with Gasteiger partial charge in [-0.25, -0.2) is 18.4 Å². The van der Waals surface area contributed by atoms with Crippen LogP contribution in [-0.4, -0.2) is 50.4 Å². The molecule has 2 N–H and O–H groups in total. The number of nitrogens with one attached hydrogen (secondary N) is 2. The van der Waals surface area contributed by atoms with E-state index in [0.29, 0.717) is 31.0 Å². The fourth-order valence-electron chi connectivity index (χ4n) is 5.96. The Balaban J connectivity index is 1.32. The first-order valence-corrected chi connectivity index (χ1v) is 18.3. The summed E-state index contributed by atoms with van der Waals surface area (Å²) in [5.74, 6) is 0.716. The van der Waals surface area contributed by atoms with Gasteiger partial charge in [-0.15, -0.1) is 0 Å². The number of carbonyl (C=O) groups is 1. The zero-order valence-electron chi connectivity index (χ0n) is 30.2. The van der Waals surface area contributed by atoms with Crippen LogP contribution in [0.5, 0.6) is 5.75 Å². The van der Waals surface area contributed by atoms with Crippen molar-refractivity contribution in [1.29, 1.82) is 0 Å². The van der Waals surface area contributed by atoms with E-state index >= 15 is 0 Å². The molecule has 0 aliphatic carbocycles. The van der Waals surface area contributed by atoms with Gasteiger partial charge >= 0.3 is 0 Å². The molecule has 0 radical (unpaired) electrons. The molecule has 2 heterocycles. The lowest BCUT2D eigenvalue weighted by molar-refractivity contribution is 0.0786. The number of ether oxygens (including phenoxy) is 2. The molecular weight excluding hydrogens is 655 g/mol. The van der Waals surface area contributed by atoms with Crippen LogP contribution in [0, 0.1) is 6.92 Å². The number of imidazole rings is 1. The van der Waals surface area contributed by atoms with Crippen molar-refractivity contribution >= 4 is 33.0 Å². The molecule has 0 saturated carbocycles. The van der Waals surface area contributed by atoms with Crippen LogP contribution in [0.4, 0.5) is 17.1 Å². The first-order valence-electron chi connectivity index (χ1n) is 16.4. The largest absolute Gasteiger partial charge is 0.492 e. The summed E-state index contributed by atoms with van der Waals surface area (Å²) in [7, 11) is -0.194. The van der Waals surface area contributed by atoms with Gasteiger partial charge in [0.25, 0.3) is 5.91 Å². The average molecular weight is 702 g/mol. The Morgan fingerprint density at radius 3 is 2.38 bits per heavy atom. The molecule has 1 unspecified atom stereocenters. The first-order chi connectivity index (χ1) is 23.5. The third-order valence-corrected chi connectivity index (χ3v) is 9.23. The maximum atomic E-state index is 13.7. The number of amides is 1. The van der Waals surface area contributed by atoms with Crippen molar-refractivity contribution in [2.45, 2.75) is 65.0 Å². The Kier molecular flexibility index (Phi) is 10.4. The minimum absolute atomic E-state index is 0.210. The second-order valence-electron chi connectivity index (χ2n) is 14.4. The van der Waals surface area contributed by atoms with E-state index in [1.165, 1.54) is 7.11 Å². The van der Waals surface area contributed by atoms with Gasteiger partial charge in [-0.3, -0.25) is 9.52 Å². The third-order valence-electron chi connectivity index (χ3n) is 8.64. The minimum Gasteiger partial charge on any atom is -0.492 e. The topological polar surface area (TPSA) is 140 Å². The molecule has 0 bridgehead atoms. The monoisotopic (exact) mass is 701 g/mol. The van der Waals surface area contributed by atoms with Crippen molar-refractivity contribution in [3.63, 3.8) is 0 Å². The maximum Gasteiger partial charge on any atom is 0.255 e. The summed E-state index contributed by atoms with van der Waals surface area (Å²) in [6.07, 6.45) is 2.92. The highest BCUT2D eigenvalue weighted by Gasteiger charge is 2.32. The van der Waals surface area contributed by atoms with E-state index in [2.05, 4.69) is 38.8 Å². The predicted octanol–water partition coefficient (Wildman–Crippen LogP) is 7.08. The molecule has 0 fully saturated rings. The number of hydrogen-bond donors (Lipinski definition) is 2. The SMILES string of the molecule is COc1c(NC(=O)c2ccc(C)c(N3CC(c4cnc(C(C)(C)COCc5ccccc5)n4C)N=N3)c2)cc(C(C)(C)C)cc1NS(C)(=O)=O. The fraction of sp³-hybridized carbons (Fsp3) is 0.405. The lowest BCUT2D eigenvalue weighted by atomic mass is 9.86. The van der Waals surface area contributed by atoms with Crippen LogP contribution >= 0.6 is 0 Å². The molecule has 4 aromatic rings. The van der Waals surface area contributed by atoms with Crippen molar-refractivity contribution in [3.05, 3.63) is 101 Å². The Morgan fingerprint density at radius 1 is 1.02 bits per heavy atom.